The second kappa shape index (κ2) is 8.93. The van der Waals surface area contributed by atoms with Gasteiger partial charge in [-0.1, -0.05) is 6.92 Å². The summed E-state index contributed by atoms with van der Waals surface area (Å²) < 4.78 is 5.20. The molecule has 0 saturated carbocycles. The normalized spacial score (nSPS) is 11.0. The van der Waals surface area contributed by atoms with Gasteiger partial charge in [-0.15, -0.1) is 0 Å². The standard InChI is InChI=1S/C8H19NO3/c1-2-4-12-5-3-9-8(6-10)7-11/h8-11H,2-7H2,1H3. The summed E-state index contributed by atoms with van der Waals surface area (Å²) in [5.74, 6) is 0. The van der Waals surface area contributed by atoms with Crippen LogP contribution < -0.4 is 5.32 Å². The molecule has 0 spiro atoms. The monoisotopic (exact) mass is 177 g/mol. The molecule has 0 aliphatic heterocycles. The van der Waals surface area contributed by atoms with E-state index in [9.17, 15) is 0 Å². The van der Waals surface area contributed by atoms with E-state index in [4.69, 9.17) is 14.9 Å². The molecule has 0 aromatic carbocycles. The number of nitrogens with one attached hydrogen (secondary N) is 1. The van der Waals surface area contributed by atoms with Gasteiger partial charge in [0.15, 0.2) is 0 Å². The highest BCUT2D eigenvalue weighted by Crippen LogP contribution is 1.81. The third-order valence-corrected chi connectivity index (χ3v) is 1.47. The number of aliphatic hydroxyl groups is 2. The lowest BCUT2D eigenvalue weighted by Gasteiger charge is -2.12. The highest BCUT2D eigenvalue weighted by Gasteiger charge is 2.02. The summed E-state index contributed by atoms with van der Waals surface area (Å²) >= 11 is 0. The van der Waals surface area contributed by atoms with Gasteiger partial charge in [0.25, 0.3) is 0 Å². The fourth-order valence-corrected chi connectivity index (χ4v) is 0.768. The Labute approximate surface area is 73.5 Å². The Kier molecular flexibility index (Phi) is 8.81. The van der Waals surface area contributed by atoms with Crippen molar-refractivity contribution in [3.8, 4) is 0 Å². The summed E-state index contributed by atoms with van der Waals surface area (Å²) in [7, 11) is 0. The van der Waals surface area contributed by atoms with E-state index < -0.39 is 0 Å². The van der Waals surface area contributed by atoms with E-state index in [0.29, 0.717) is 13.2 Å². The molecule has 0 amide bonds. The van der Waals surface area contributed by atoms with Crippen LogP contribution in [-0.2, 0) is 4.74 Å². The first kappa shape index (κ1) is 11.8. The van der Waals surface area contributed by atoms with Crippen molar-refractivity contribution < 1.29 is 14.9 Å². The van der Waals surface area contributed by atoms with Crippen LogP contribution in [0.5, 0.6) is 0 Å². The molecule has 0 aliphatic rings. The van der Waals surface area contributed by atoms with Crippen LogP contribution in [0, 0.1) is 0 Å². The summed E-state index contributed by atoms with van der Waals surface area (Å²) in [5.41, 5.74) is 0. The maximum Gasteiger partial charge on any atom is 0.0607 e. The fraction of sp³-hybridized carbons (Fsp3) is 1.00. The van der Waals surface area contributed by atoms with Crippen LogP contribution >= 0.6 is 0 Å². The molecule has 0 bridgehead atoms. The lowest BCUT2D eigenvalue weighted by molar-refractivity contribution is 0.121. The molecule has 0 aliphatic carbocycles. The lowest BCUT2D eigenvalue weighted by Crippen LogP contribution is -2.37. The predicted molar refractivity (Wildman–Crippen MR) is 47.1 cm³/mol. The van der Waals surface area contributed by atoms with Gasteiger partial charge in [-0.3, -0.25) is 0 Å². The molecular weight excluding hydrogens is 158 g/mol. The van der Waals surface area contributed by atoms with E-state index in [1.807, 2.05) is 0 Å². The average Bonchev–Trinajstić information content (AvgIpc) is 2.11. The highest BCUT2D eigenvalue weighted by molar-refractivity contribution is 4.62. The Hall–Kier alpha value is -0.160. The second-order valence-corrected chi connectivity index (χ2v) is 2.63. The third kappa shape index (κ3) is 6.54. The Morgan fingerprint density at radius 3 is 2.42 bits per heavy atom. The van der Waals surface area contributed by atoms with Crippen LogP contribution in [0.3, 0.4) is 0 Å². The lowest BCUT2D eigenvalue weighted by atomic mass is 10.3. The minimum absolute atomic E-state index is 0.0374. The van der Waals surface area contributed by atoms with Gasteiger partial charge in [-0.25, -0.2) is 0 Å². The van der Waals surface area contributed by atoms with Crippen molar-refractivity contribution in [1.82, 2.24) is 5.32 Å². The number of aliphatic hydroxyl groups excluding tert-OH is 2. The third-order valence-electron chi connectivity index (χ3n) is 1.47. The molecule has 0 unspecified atom stereocenters. The molecule has 3 N–H and O–H groups in total. The van der Waals surface area contributed by atoms with Gasteiger partial charge in [0.1, 0.15) is 0 Å². The van der Waals surface area contributed by atoms with E-state index in [2.05, 4.69) is 12.2 Å². The van der Waals surface area contributed by atoms with Crippen LogP contribution in [0.4, 0.5) is 0 Å². The van der Waals surface area contributed by atoms with Gasteiger partial charge in [-0.2, -0.15) is 0 Å². The summed E-state index contributed by atoms with van der Waals surface area (Å²) in [6.07, 6.45) is 1.02. The molecule has 0 atom stereocenters. The summed E-state index contributed by atoms with van der Waals surface area (Å²) in [5, 5.41) is 20.3. The Bertz CT molecular complexity index is 86.4. The topological polar surface area (TPSA) is 61.7 Å². The Balaban J connectivity index is 3.06. The SMILES string of the molecule is CCCOCCNC(CO)CO. The van der Waals surface area contributed by atoms with Crippen LogP contribution in [0.15, 0.2) is 0 Å². The molecule has 0 fully saturated rings. The van der Waals surface area contributed by atoms with Gasteiger partial charge in [-0.05, 0) is 6.42 Å². The second-order valence-electron chi connectivity index (χ2n) is 2.63. The van der Waals surface area contributed by atoms with Crippen molar-refractivity contribution >= 4 is 0 Å². The quantitative estimate of drug-likeness (QED) is 0.431. The average molecular weight is 177 g/mol. The van der Waals surface area contributed by atoms with Gasteiger partial charge >= 0.3 is 0 Å². The number of rotatable bonds is 8. The number of ether oxygens (including phenoxy) is 1. The van der Waals surface area contributed by atoms with Crippen LogP contribution in [0.25, 0.3) is 0 Å². The zero-order valence-electron chi connectivity index (χ0n) is 7.62. The maximum atomic E-state index is 8.67. The van der Waals surface area contributed by atoms with E-state index in [1.165, 1.54) is 0 Å². The van der Waals surface area contributed by atoms with Crippen molar-refractivity contribution in [2.75, 3.05) is 33.0 Å². The maximum absolute atomic E-state index is 8.67. The Morgan fingerprint density at radius 1 is 1.25 bits per heavy atom. The molecule has 4 heteroatoms. The van der Waals surface area contributed by atoms with Crippen LogP contribution in [-0.4, -0.2) is 49.2 Å². The van der Waals surface area contributed by atoms with Crippen molar-refractivity contribution in [1.29, 1.82) is 0 Å². The van der Waals surface area contributed by atoms with E-state index in [-0.39, 0.29) is 19.3 Å². The highest BCUT2D eigenvalue weighted by atomic mass is 16.5. The van der Waals surface area contributed by atoms with Crippen molar-refractivity contribution in [3.05, 3.63) is 0 Å². The summed E-state index contributed by atoms with van der Waals surface area (Å²) in [4.78, 5) is 0. The van der Waals surface area contributed by atoms with Crippen molar-refractivity contribution in [2.45, 2.75) is 19.4 Å². The zero-order valence-corrected chi connectivity index (χ0v) is 7.62. The first-order valence-electron chi connectivity index (χ1n) is 4.38. The molecule has 12 heavy (non-hydrogen) atoms. The molecule has 0 saturated heterocycles. The summed E-state index contributed by atoms with van der Waals surface area (Å²) in [6.45, 7) is 4.05. The van der Waals surface area contributed by atoms with Gasteiger partial charge in [0.05, 0.1) is 25.9 Å². The minimum atomic E-state index is -0.213. The molecule has 0 heterocycles. The molecule has 0 aromatic rings. The van der Waals surface area contributed by atoms with Gasteiger partial charge in [0, 0.05) is 13.2 Å². The van der Waals surface area contributed by atoms with E-state index in [1.54, 1.807) is 0 Å². The van der Waals surface area contributed by atoms with E-state index >= 15 is 0 Å². The van der Waals surface area contributed by atoms with Gasteiger partial charge < -0.3 is 20.3 Å². The molecule has 0 rings (SSSR count). The van der Waals surface area contributed by atoms with Crippen molar-refractivity contribution in [3.63, 3.8) is 0 Å². The van der Waals surface area contributed by atoms with Crippen molar-refractivity contribution in [2.24, 2.45) is 0 Å². The zero-order chi connectivity index (χ0) is 9.23. The largest absolute Gasteiger partial charge is 0.395 e. The smallest absolute Gasteiger partial charge is 0.0607 e. The Morgan fingerprint density at radius 2 is 1.92 bits per heavy atom. The van der Waals surface area contributed by atoms with Gasteiger partial charge in [0.2, 0.25) is 0 Å². The number of hydrogen-bond donors (Lipinski definition) is 3. The van der Waals surface area contributed by atoms with Crippen LogP contribution in [0.1, 0.15) is 13.3 Å². The molecular formula is C8H19NO3. The molecule has 4 nitrogen and oxygen atoms in total. The summed E-state index contributed by atoms with van der Waals surface area (Å²) in [6, 6.07) is -0.213. The number of hydrogen-bond acceptors (Lipinski definition) is 4. The molecule has 0 radical (unpaired) electrons. The first-order chi connectivity index (χ1) is 5.85. The molecule has 74 valence electrons. The van der Waals surface area contributed by atoms with E-state index in [0.717, 1.165) is 13.0 Å². The molecule has 0 aromatic heterocycles. The predicted octanol–water partition coefficient (Wildman–Crippen LogP) is -0.644. The minimum Gasteiger partial charge on any atom is -0.395 e. The van der Waals surface area contributed by atoms with Crippen LogP contribution in [0.2, 0.25) is 0 Å². The first-order valence-corrected chi connectivity index (χ1v) is 4.38. The fourth-order valence-electron chi connectivity index (χ4n) is 0.768.